The summed E-state index contributed by atoms with van der Waals surface area (Å²) in [5.74, 6) is 0. The summed E-state index contributed by atoms with van der Waals surface area (Å²) in [6.45, 7) is 0.515. The minimum Gasteiger partial charge on any atom is -0.310 e. The summed E-state index contributed by atoms with van der Waals surface area (Å²) in [7, 11) is 0. The zero-order valence-corrected chi connectivity index (χ0v) is 8.83. The fraction of sp³-hybridized carbons (Fsp3) is 0.400. The number of benzene rings is 1. The second kappa shape index (κ2) is 4.16. The Morgan fingerprint density at radius 2 is 2.27 bits per heavy atom. The van der Waals surface area contributed by atoms with E-state index < -0.39 is 0 Å². The highest BCUT2D eigenvalue weighted by Crippen LogP contribution is 2.24. The molecule has 5 heteroatoms. The van der Waals surface area contributed by atoms with Gasteiger partial charge in [-0.25, -0.2) is 0 Å². The maximum Gasteiger partial charge on any atom is 0.273 e. The van der Waals surface area contributed by atoms with Crippen molar-refractivity contribution in [2.45, 2.75) is 25.4 Å². The van der Waals surface area contributed by atoms with Gasteiger partial charge in [-0.2, -0.15) is 0 Å². The topological polar surface area (TPSA) is 55.2 Å². The van der Waals surface area contributed by atoms with Gasteiger partial charge in [-0.3, -0.25) is 10.1 Å². The first-order valence-electron chi connectivity index (χ1n) is 4.83. The second-order valence-corrected chi connectivity index (χ2v) is 4.12. The smallest absolute Gasteiger partial charge is 0.273 e. The average Bonchev–Trinajstić information content (AvgIpc) is 2.97. The molecule has 4 nitrogen and oxygen atoms in total. The zero-order chi connectivity index (χ0) is 10.8. The molecular formula is C10H11ClN2O2. The van der Waals surface area contributed by atoms with E-state index in [1.807, 2.05) is 0 Å². The maximum atomic E-state index is 10.7. The van der Waals surface area contributed by atoms with Crippen LogP contribution in [-0.2, 0) is 6.54 Å². The summed E-state index contributed by atoms with van der Waals surface area (Å²) in [5, 5.41) is 14.5. The monoisotopic (exact) mass is 226 g/mol. The van der Waals surface area contributed by atoms with E-state index >= 15 is 0 Å². The first kappa shape index (κ1) is 10.4. The summed E-state index contributed by atoms with van der Waals surface area (Å²) in [6, 6.07) is 5.17. The number of hydrogen-bond donors (Lipinski definition) is 1. The Kier molecular flexibility index (Phi) is 2.88. The van der Waals surface area contributed by atoms with Crippen molar-refractivity contribution in [1.82, 2.24) is 5.32 Å². The molecule has 0 unspecified atom stereocenters. The van der Waals surface area contributed by atoms with Gasteiger partial charge in [0.25, 0.3) is 5.69 Å². The molecule has 0 radical (unpaired) electrons. The van der Waals surface area contributed by atoms with E-state index in [1.54, 1.807) is 12.1 Å². The third-order valence-electron chi connectivity index (χ3n) is 2.40. The molecule has 80 valence electrons. The van der Waals surface area contributed by atoms with Gasteiger partial charge in [0.1, 0.15) is 0 Å². The van der Waals surface area contributed by atoms with Gasteiger partial charge >= 0.3 is 0 Å². The summed E-state index contributed by atoms with van der Waals surface area (Å²) in [5.41, 5.74) is 0.784. The van der Waals surface area contributed by atoms with Gasteiger partial charge in [0.05, 0.1) is 4.92 Å². The quantitative estimate of drug-likeness (QED) is 0.634. The van der Waals surface area contributed by atoms with E-state index in [0.717, 1.165) is 12.8 Å². The van der Waals surface area contributed by atoms with Crippen molar-refractivity contribution in [3.63, 3.8) is 0 Å². The number of rotatable bonds is 4. The van der Waals surface area contributed by atoms with Crippen LogP contribution in [0.4, 0.5) is 5.69 Å². The van der Waals surface area contributed by atoms with Crippen molar-refractivity contribution in [1.29, 1.82) is 0 Å². The third kappa shape index (κ3) is 2.67. The van der Waals surface area contributed by atoms with E-state index in [2.05, 4.69) is 5.32 Å². The molecule has 15 heavy (non-hydrogen) atoms. The molecule has 0 amide bonds. The lowest BCUT2D eigenvalue weighted by Crippen LogP contribution is -2.16. The molecule has 0 saturated heterocycles. The summed E-state index contributed by atoms with van der Waals surface area (Å²) in [4.78, 5) is 10.4. The van der Waals surface area contributed by atoms with E-state index in [9.17, 15) is 10.1 Å². The zero-order valence-electron chi connectivity index (χ0n) is 8.07. The van der Waals surface area contributed by atoms with E-state index in [4.69, 9.17) is 11.6 Å². The summed E-state index contributed by atoms with van der Waals surface area (Å²) in [6.07, 6.45) is 2.32. The first-order valence-corrected chi connectivity index (χ1v) is 5.21. The first-order chi connectivity index (χ1) is 7.16. The molecular weight excluding hydrogens is 216 g/mol. The fourth-order valence-corrected chi connectivity index (χ4v) is 1.61. The summed E-state index contributed by atoms with van der Waals surface area (Å²) < 4.78 is 0. The van der Waals surface area contributed by atoms with Gasteiger partial charge in [0, 0.05) is 29.2 Å². The molecule has 1 aromatic rings. The number of halogens is 1. The molecule has 1 aliphatic rings. The van der Waals surface area contributed by atoms with Crippen LogP contribution in [0, 0.1) is 10.1 Å². The van der Waals surface area contributed by atoms with Crippen molar-refractivity contribution in [3.05, 3.63) is 38.9 Å². The molecule has 0 spiro atoms. The lowest BCUT2D eigenvalue weighted by molar-refractivity contribution is -0.385. The fourth-order valence-electron chi connectivity index (χ4n) is 1.42. The van der Waals surface area contributed by atoms with Crippen LogP contribution in [0.25, 0.3) is 0 Å². The molecule has 1 aromatic carbocycles. The number of hydrogen-bond acceptors (Lipinski definition) is 3. The number of nitro benzene ring substituents is 1. The molecule has 1 saturated carbocycles. The highest BCUT2D eigenvalue weighted by atomic mass is 35.5. The van der Waals surface area contributed by atoms with Crippen LogP contribution in [0.15, 0.2) is 18.2 Å². The number of nitrogens with zero attached hydrogens (tertiary/aromatic N) is 1. The van der Waals surface area contributed by atoms with Crippen LogP contribution >= 0.6 is 11.6 Å². The van der Waals surface area contributed by atoms with Crippen LogP contribution in [0.1, 0.15) is 18.4 Å². The van der Waals surface area contributed by atoms with Crippen LogP contribution < -0.4 is 5.32 Å². The Bertz CT molecular complexity index is 391. The predicted octanol–water partition coefficient (Wildman–Crippen LogP) is 2.50. The van der Waals surface area contributed by atoms with Crippen molar-refractivity contribution >= 4 is 17.3 Å². The van der Waals surface area contributed by atoms with Crippen molar-refractivity contribution in [2.24, 2.45) is 0 Å². The number of nitro groups is 1. The third-order valence-corrected chi connectivity index (χ3v) is 2.63. The molecule has 0 heterocycles. The minimum atomic E-state index is -0.375. The standard InChI is InChI=1S/C10H11ClN2O2/c11-8-1-4-10(13(14)15)7(5-8)6-12-9-2-3-9/h1,4-5,9,12H,2-3,6H2. The van der Waals surface area contributed by atoms with Crippen LogP contribution in [0.3, 0.4) is 0 Å². The molecule has 1 fully saturated rings. The van der Waals surface area contributed by atoms with Crippen molar-refractivity contribution in [3.8, 4) is 0 Å². The number of nitrogens with one attached hydrogen (secondary N) is 1. The van der Waals surface area contributed by atoms with E-state index in [1.165, 1.54) is 6.07 Å². The molecule has 1 aliphatic carbocycles. The van der Waals surface area contributed by atoms with Gasteiger partial charge in [0.2, 0.25) is 0 Å². The van der Waals surface area contributed by atoms with Crippen molar-refractivity contribution in [2.75, 3.05) is 0 Å². The SMILES string of the molecule is O=[N+]([O-])c1ccc(Cl)cc1CNC1CC1. The lowest BCUT2D eigenvalue weighted by atomic mass is 10.2. The Labute approximate surface area is 92.4 Å². The van der Waals surface area contributed by atoms with E-state index in [-0.39, 0.29) is 10.6 Å². The van der Waals surface area contributed by atoms with Crippen molar-refractivity contribution < 1.29 is 4.92 Å². The molecule has 0 aromatic heterocycles. The maximum absolute atomic E-state index is 10.7. The largest absolute Gasteiger partial charge is 0.310 e. The van der Waals surface area contributed by atoms with Crippen LogP contribution in [0.2, 0.25) is 5.02 Å². The predicted molar refractivity (Wildman–Crippen MR) is 58.0 cm³/mol. The van der Waals surface area contributed by atoms with E-state index in [0.29, 0.717) is 23.2 Å². The molecule has 2 rings (SSSR count). The van der Waals surface area contributed by atoms with Gasteiger partial charge in [-0.05, 0) is 25.0 Å². The lowest BCUT2D eigenvalue weighted by Gasteiger charge is -2.04. The van der Waals surface area contributed by atoms with Gasteiger partial charge in [-0.1, -0.05) is 11.6 Å². The molecule has 0 atom stereocenters. The van der Waals surface area contributed by atoms with Gasteiger partial charge < -0.3 is 5.32 Å². The molecule has 0 bridgehead atoms. The molecule has 0 aliphatic heterocycles. The second-order valence-electron chi connectivity index (χ2n) is 3.69. The average molecular weight is 227 g/mol. The highest BCUT2D eigenvalue weighted by Gasteiger charge is 2.22. The minimum absolute atomic E-state index is 0.132. The Morgan fingerprint density at radius 3 is 2.87 bits per heavy atom. The normalized spacial score (nSPS) is 15.3. The van der Waals surface area contributed by atoms with Gasteiger partial charge in [-0.15, -0.1) is 0 Å². The van der Waals surface area contributed by atoms with Crippen LogP contribution in [-0.4, -0.2) is 11.0 Å². The van der Waals surface area contributed by atoms with Gasteiger partial charge in [0.15, 0.2) is 0 Å². The Morgan fingerprint density at radius 1 is 1.53 bits per heavy atom. The highest BCUT2D eigenvalue weighted by molar-refractivity contribution is 6.30. The Hall–Kier alpha value is -1.13. The summed E-state index contributed by atoms with van der Waals surface area (Å²) >= 11 is 5.80. The molecule has 1 N–H and O–H groups in total. The van der Waals surface area contributed by atoms with Crippen LogP contribution in [0.5, 0.6) is 0 Å². The Balaban J connectivity index is 2.16.